The van der Waals surface area contributed by atoms with Crippen molar-refractivity contribution in [3.05, 3.63) is 137 Å². The van der Waals surface area contributed by atoms with E-state index in [0.717, 1.165) is 24.3 Å². The second-order valence-corrected chi connectivity index (χ2v) is 16.3. The number of esters is 1. The molecule has 0 aliphatic carbocycles. The van der Waals surface area contributed by atoms with Crippen molar-refractivity contribution in [2.24, 2.45) is 10.3 Å². The van der Waals surface area contributed by atoms with Crippen LogP contribution in [0.1, 0.15) is 81.3 Å². The summed E-state index contributed by atoms with van der Waals surface area (Å²) in [6, 6.07) is 15.3. The lowest BCUT2D eigenvalue weighted by atomic mass is 9.83. The Balaban J connectivity index is 0.000000225. The standard InChI is InChI=1S/C22H20Cl2F3NO3.C18H12Cl2F3NO4/c1-12-7-13(5-6-17(12)19(29)30-20(2,3)4)18-11-21(31-28-18,22(25,26)27)14-8-15(23)10-16(24)9-14;1-8-4-9(2-3-13(8)16(26)27)14-15(25)17(28-24-14,18(21,22)23)10-5-11(19)7-12(20)6-10/h5-10H,11H2,1-4H3;2-7,15,25H,1H3,(H,26,27). The number of nitrogens with zero attached hydrogens (tertiary/aromatic N) is 2. The first-order chi connectivity index (χ1) is 27.2. The van der Waals surface area contributed by atoms with Gasteiger partial charge >= 0.3 is 24.3 Å². The Kier molecular flexibility index (Phi) is 12.7. The third kappa shape index (κ3) is 9.29. The van der Waals surface area contributed by atoms with Crippen LogP contribution < -0.4 is 0 Å². The molecule has 0 saturated carbocycles. The fraction of sp³-hybridized carbons (Fsp3) is 0.300. The highest BCUT2D eigenvalue weighted by atomic mass is 35.5. The highest BCUT2D eigenvalue weighted by molar-refractivity contribution is 6.35. The van der Waals surface area contributed by atoms with Crippen LogP contribution in [0.25, 0.3) is 0 Å². The van der Waals surface area contributed by atoms with Crippen LogP contribution in [0.3, 0.4) is 0 Å². The summed E-state index contributed by atoms with van der Waals surface area (Å²) < 4.78 is 89.8. The quantitative estimate of drug-likeness (QED) is 0.146. The molecule has 314 valence electrons. The van der Waals surface area contributed by atoms with Crippen molar-refractivity contribution in [2.75, 3.05) is 0 Å². The monoisotopic (exact) mass is 906 g/mol. The van der Waals surface area contributed by atoms with E-state index in [0.29, 0.717) is 16.7 Å². The number of carboxylic acid groups (broad SMARTS) is 1. The van der Waals surface area contributed by atoms with Gasteiger partial charge in [-0.2, -0.15) is 26.3 Å². The molecule has 2 N–H and O–H groups in total. The molecule has 59 heavy (non-hydrogen) atoms. The molecule has 9 nitrogen and oxygen atoms in total. The molecule has 2 aliphatic rings. The first-order valence-electron chi connectivity index (χ1n) is 17.1. The smallest absolute Gasteiger partial charge is 0.438 e. The molecule has 4 aromatic carbocycles. The predicted molar refractivity (Wildman–Crippen MR) is 209 cm³/mol. The minimum atomic E-state index is -5.07. The number of carboxylic acids is 1. The lowest BCUT2D eigenvalue weighted by Gasteiger charge is -2.32. The zero-order valence-electron chi connectivity index (χ0n) is 31.3. The highest BCUT2D eigenvalue weighted by Crippen LogP contribution is 2.51. The van der Waals surface area contributed by atoms with Crippen LogP contribution in [0.5, 0.6) is 0 Å². The number of hydrogen-bond donors (Lipinski definition) is 2. The number of rotatable bonds is 6. The van der Waals surface area contributed by atoms with Crippen molar-refractivity contribution in [2.45, 2.75) is 76.3 Å². The van der Waals surface area contributed by atoms with Gasteiger partial charge in [-0.25, -0.2) is 9.59 Å². The molecule has 0 fully saturated rings. The van der Waals surface area contributed by atoms with Gasteiger partial charge in [0.1, 0.15) is 11.3 Å². The predicted octanol–water partition coefficient (Wildman–Crippen LogP) is 11.4. The topological polar surface area (TPSA) is 127 Å². The number of aliphatic hydroxyl groups excluding tert-OH is 1. The molecule has 0 amide bonds. The average Bonchev–Trinajstić information content (AvgIpc) is 3.70. The maximum Gasteiger partial charge on any atom is 0.438 e. The molecule has 3 atom stereocenters. The summed E-state index contributed by atoms with van der Waals surface area (Å²) >= 11 is 23.5. The van der Waals surface area contributed by atoms with Crippen LogP contribution in [0.15, 0.2) is 83.1 Å². The average molecular weight is 909 g/mol. The van der Waals surface area contributed by atoms with Gasteiger partial charge in [-0.1, -0.05) is 68.8 Å². The fourth-order valence-electron chi connectivity index (χ4n) is 6.29. The van der Waals surface area contributed by atoms with Crippen LogP contribution in [0.2, 0.25) is 20.1 Å². The Morgan fingerprint density at radius 1 is 0.712 bits per heavy atom. The van der Waals surface area contributed by atoms with Crippen molar-refractivity contribution >= 4 is 69.8 Å². The number of halogens is 10. The van der Waals surface area contributed by atoms with Crippen LogP contribution in [0, 0.1) is 13.8 Å². The SMILES string of the molecule is Cc1cc(C2=NOC(c3cc(Cl)cc(Cl)c3)(C(F)(F)F)C2)ccc1C(=O)OC(C)(C)C.Cc1cc(C2=NOC(c3cc(Cl)cc(Cl)c3)(C(F)(F)F)C2O)ccc1C(=O)O. The van der Waals surface area contributed by atoms with Crippen molar-refractivity contribution in [1.29, 1.82) is 0 Å². The van der Waals surface area contributed by atoms with E-state index in [4.69, 9.17) is 65.9 Å². The van der Waals surface area contributed by atoms with E-state index in [9.17, 15) is 41.0 Å². The van der Waals surface area contributed by atoms with E-state index in [1.165, 1.54) is 49.4 Å². The lowest BCUT2D eigenvalue weighted by molar-refractivity contribution is -0.296. The molecule has 6 rings (SSSR count). The molecule has 0 aromatic heterocycles. The number of aromatic carboxylic acids is 1. The first kappa shape index (κ1) is 45.5. The number of carbonyl (C=O) groups excluding carboxylic acids is 1. The molecule has 0 saturated heterocycles. The zero-order valence-corrected chi connectivity index (χ0v) is 34.3. The van der Waals surface area contributed by atoms with Crippen molar-refractivity contribution < 1.29 is 60.6 Å². The Morgan fingerprint density at radius 3 is 1.68 bits per heavy atom. The van der Waals surface area contributed by atoms with E-state index in [2.05, 4.69) is 10.3 Å². The van der Waals surface area contributed by atoms with Gasteiger partial charge in [-0.05, 0) is 112 Å². The molecule has 19 heteroatoms. The third-order valence-corrected chi connectivity index (χ3v) is 9.96. The van der Waals surface area contributed by atoms with Gasteiger partial charge in [0.15, 0.2) is 6.10 Å². The minimum Gasteiger partial charge on any atom is -0.478 e. The lowest BCUT2D eigenvalue weighted by Crippen LogP contribution is -2.52. The molecule has 2 aliphatic heterocycles. The van der Waals surface area contributed by atoms with Crippen LogP contribution in [-0.4, -0.2) is 57.6 Å². The second kappa shape index (κ2) is 16.5. The summed E-state index contributed by atoms with van der Waals surface area (Å²) in [7, 11) is 0. The molecule has 0 spiro atoms. The summed E-state index contributed by atoms with van der Waals surface area (Å²) in [6.07, 6.45) is -12.7. The minimum absolute atomic E-state index is 0.0264. The summed E-state index contributed by atoms with van der Waals surface area (Å²) in [5.41, 5.74) is -6.02. The first-order valence-corrected chi connectivity index (χ1v) is 18.6. The normalized spacial score (nSPS) is 20.4. The van der Waals surface area contributed by atoms with E-state index in [1.807, 2.05) is 0 Å². The van der Waals surface area contributed by atoms with Gasteiger partial charge in [-0.15, -0.1) is 0 Å². The Morgan fingerprint density at radius 2 is 1.20 bits per heavy atom. The fourth-order valence-corrected chi connectivity index (χ4v) is 7.34. The molecule has 0 bridgehead atoms. The van der Waals surface area contributed by atoms with Gasteiger partial charge < -0.3 is 24.6 Å². The van der Waals surface area contributed by atoms with Gasteiger partial charge in [0.2, 0.25) is 0 Å². The molecule has 3 unspecified atom stereocenters. The number of aryl methyl sites for hydroxylation is 2. The van der Waals surface area contributed by atoms with E-state index >= 15 is 0 Å². The largest absolute Gasteiger partial charge is 0.478 e. The maximum atomic E-state index is 14.1. The van der Waals surface area contributed by atoms with E-state index in [-0.39, 0.29) is 48.1 Å². The number of ether oxygens (including phenoxy) is 1. The Hall–Kier alpha value is -4.54. The molecule has 0 radical (unpaired) electrons. The van der Waals surface area contributed by atoms with Gasteiger partial charge in [0, 0.05) is 43.2 Å². The van der Waals surface area contributed by atoms with Crippen LogP contribution in [0.4, 0.5) is 26.3 Å². The Bertz CT molecular complexity index is 2340. The number of alkyl halides is 6. The molecular weight excluding hydrogens is 876 g/mol. The number of hydrogen-bond acceptors (Lipinski definition) is 8. The molecular formula is C40H32Cl4F6N2O7. The second-order valence-electron chi connectivity index (χ2n) is 14.5. The van der Waals surface area contributed by atoms with Crippen molar-refractivity contribution in [1.82, 2.24) is 0 Å². The van der Waals surface area contributed by atoms with Crippen molar-refractivity contribution in [3.63, 3.8) is 0 Å². The Labute approximate surface area is 353 Å². The van der Waals surface area contributed by atoms with E-state index < -0.39 is 64.9 Å². The number of oxime groups is 2. The summed E-state index contributed by atoms with van der Waals surface area (Å²) in [6.45, 7) is 8.39. The van der Waals surface area contributed by atoms with Gasteiger partial charge in [0.25, 0.3) is 11.2 Å². The number of benzene rings is 4. The summed E-state index contributed by atoms with van der Waals surface area (Å²) in [4.78, 5) is 33.3. The number of carbonyl (C=O) groups is 2. The highest BCUT2D eigenvalue weighted by Gasteiger charge is 2.68. The van der Waals surface area contributed by atoms with Gasteiger partial charge in [-0.3, -0.25) is 0 Å². The van der Waals surface area contributed by atoms with E-state index in [1.54, 1.807) is 33.8 Å². The van der Waals surface area contributed by atoms with Crippen LogP contribution >= 0.6 is 46.4 Å². The maximum absolute atomic E-state index is 14.1. The van der Waals surface area contributed by atoms with Crippen LogP contribution in [-0.2, 0) is 25.6 Å². The summed E-state index contributed by atoms with van der Waals surface area (Å²) in [5.74, 6) is -1.70. The summed E-state index contributed by atoms with van der Waals surface area (Å²) in [5, 5.41) is 26.9. The molecule has 4 aromatic rings. The van der Waals surface area contributed by atoms with Crippen molar-refractivity contribution in [3.8, 4) is 0 Å². The number of aliphatic hydroxyl groups is 1. The molecule has 2 heterocycles. The third-order valence-electron chi connectivity index (χ3n) is 9.09. The zero-order chi connectivity index (χ0) is 44.0. The van der Waals surface area contributed by atoms with Gasteiger partial charge in [0.05, 0.1) is 16.8 Å².